The lowest BCUT2D eigenvalue weighted by molar-refractivity contribution is -0.141. The molecule has 0 aliphatic rings. The van der Waals surface area contributed by atoms with Crippen LogP contribution in [-0.4, -0.2) is 36.9 Å². The maximum absolute atomic E-state index is 12.5. The van der Waals surface area contributed by atoms with Crippen LogP contribution >= 0.6 is 31.9 Å². The van der Waals surface area contributed by atoms with Crippen molar-refractivity contribution in [1.82, 2.24) is 4.31 Å². The number of nitrogens with zero attached hydrogens (tertiary/aromatic N) is 1. The van der Waals surface area contributed by atoms with E-state index in [4.69, 9.17) is 5.11 Å². The largest absolute Gasteiger partial charge is 0.481 e. The monoisotopic (exact) mass is 427 g/mol. The molecule has 0 spiro atoms. The zero-order valence-corrected chi connectivity index (χ0v) is 15.0. The van der Waals surface area contributed by atoms with Gasteiger partial charge in [-0.15, -0.1) is 0 Å². The van der Waals surface area contributed by atoms with Gasteiger partial charge in [0.1, 0.15) is 0 Å². The Labute approximate surface area is 135 Å². The first-order chi connectivity index (χ1) is 9.20. The van der Waals surface area contributed by atoms with Crippen molar-refractivity contribution in [2.45, 2.75) is 18.7 Å². The van der Waals surface area contributed by atoms with Crippen molar-refractivity contribution in [2.24, 2.45) is 5.92 Å². The molecule has 1 rings (SSSR count). The molecule has 1 N–H and O–H groups in total. The maximum Gasteiger partial charge on any atom is 0.307 e. The molecule has 20 heavy (non-hydrogen) atoms. The minimum Gasteiger partial charge on any atom is -0.481 e. The molecular formula is C12H15Br2NO4S. The Morgan fingerprint density at radius 3 is 2.45 bits per heavy atom. The van der Waals surface area contributed by atoms with E-state index in [2.05, 4.69) is 31.9 Å². The molecule has 1 atom stereocenters. The van der Waals surface area contributed by atoms with Crippen LogP contribution in [0.25, 0.3) is 0 Å². The summed E-state index contributed by atoms with van der Waals surface area (Å²) in [5.41, 5.74) is 0. The summed E-state index contributed by atoms with van der Waals surface area (Å²) >= 11 is 6.48. The molecule has 1 aromatic rings. The first-order valence-corrected chi connectivity index (χ1v) is 8.90. The second-order valence-corrected chi connectivity index (χ2v) is 7.95. The third kappa shape index (κ3) is 4.03. The number of carbonyl (C=O) groups is 1. The molecular weight excluding hydrogens is 414 g/mol. The van der Waals surface area contributed by atoms with Crippen LogP contribution < -0.4 is 0 Å². The molecule has 0 aromatic heterocycles. The summed E-state index contributed by atoms with van der Waals surface area (Å²) in [7, 11) is -3.72. The summed E-state index contributed by atoms with van der Waals surface area (Å²) in [5.74, 6) is -1.78. The SMILES string of the molecule is CCN(CC(C)C(=O)O)S(=O)(=O)c1ccc(Br)cc1Br. The van der Waals surface area contributed by atoms with Gasteiger partial charge in [-0.2, -0.15) is 4.31 Å². The van der Waals surface area contributed by atoms with Gasteiger partial charge in [-0.3, -0.25) is 4.79 Å². The Morgan fingerprint density at radius 1 is 1.40 bits per heavy atom. The van der Waals surface area contributed by atoms with Gasteiger partial charge in [-0.25, -0.2) is 8.42 Å². The lowest BCUT2D eigenvalue weighted by Gasteiger charge is -2.23. The molecule has 8 heteroatoms. The quantitative estimate of drug-likeness (QED) is 0.755. The smallest absolute Gasteiger partial charge is 0.307 e. The average Bonchev–Trinajstić information content (AvgIpc) is 2.34. The summed E-state index contributed by atoms with van der Waals surface area (Å²) in [6.45, 7) is 3.31. The minimum atomic E-state index is -3.72. The highest BCUT2D eigenvalue weighted by molar-refractivity contribution is 9.11. The Morgan fingerprint density at radius 2 is 2.00 bits per heavy atom. The third-order valence-corrected chi connectivity index (χ3v) is 6.17. The molecule has 0 fully saturated rings. The van der Waals surface area contributed by atoms with Crippen molar-refractivity contribution in [3.05, 3.63) is 27.1 Å². The van der Waals surface area contributed by atoms with Crippen LogP contribution in [0.3, 0.4) is 0 Å². The Kier molecular flexibility index (Phi) is 6.18. The van der Waals surface area contributed by atoms with E-state index in [0.717, 1.165) is 4.47 Å². The van der Waals surface area contributed by atoms with E-state index in [1.807, 2.05) is 0 Å². The predicted octanol–water partition coefficient (Wildman–Crippen LogP) is 2.94. The number of hydrogen-bond acceptors (Lipinski definition) is 3. The lowest BCUT2D eigenvalue weighted by Crippen LogP contribution is -2.36. The Bertz CT molecular complexity index is 603. The fraction of sp³-hybridized carbons (Fsp3) is 0.417. The predicted molar refractivity (Wildman–Crippen MR) is 83.1 cm³/mol. The van der Waals surface area contributed by atoms with Gasteiger partial charge < -0.3 is 5.11 Å². The van der Waals surface area contributed by atoms with Gasteiger partial charge in [0.25, 0.3) is 0 Å². The van der Waals surface area contributed by atoms with Crippen LogP contribution in [0, 0.1) is 5.92 Å². The van der Waals surface area contributed by atoms with Crippen LogP contribution in [-0.2, 0) is 14.8 Å². The van der Waals surface area contributed by atoms with E-state index in [1.165, 1.54) is 17.3 Å². The molecule has 1 aromatic carbocycles. The topological polar surface area (TPSA) is 74.7 Å². The molecule has 0 radical (unpaired) electrons. The number of rotatable bonds is 6. The van der Waals surface area contributed by atoms with Gasteiger partial charge in [0, 0.05) is 22.0 Å². The van der Waals surface area contributed by atoms with Crippen molar-refractivity contribution in [1.29, 1.82) is 0 Å². The van der Waals surface area contributed by atoms with Crippen LogP contribution in [0.5, 0.6) is 0 Å². The molecule has 112 valence electrons. The van der Waals surface area contributed by atoms with Crippen molar-refractivity contribution in [3.8, 4) is 0 Å². The first kappa shape index (κ1) is 17.6. The Hall–Kier alpha value is -0.440. The maximum atomic E-state index is 12.5. The Balaban J connectivity index is 3.15. The molecule has 5 nitrogen and oxygen atoms in total. The number of sulfonamides is 1. The van der Waals surface area contributed by atoms with Crippen molar-refractivity contribution < 1.29 is 18.3 Å². The van der Waals surface area contributed by atoms with Crippen LogP contribution in [0.15, 0.2) is 32.0 Å². The van der Waals surface area contributed by atoms with Crippen LogP contribution in [0.2, 0.25) is 0 Å². The van der Waals surface area contributed by atoms with E-state index >= 15 is 0 Å². The van der Waals surface area contributed by atoms with Gasteiger partial charge in [-0.1, -0.05) is 29.8 Å². The van der Waals surface area contributed by atoms with Gasteiger partial charge in [0.2, 0.25) is 10.0 Å². The summed E-state index contributed by atoms with van der Waals surface area (Å²) in [6.07, 6.45) is 0. The molecule has 0 aliphatic carbocycles. The summed E-state index contributed by atoms with van der Waals surface area (Å²) in [6, 6.07) is 4.76. The second kappa shape index (κ2) is 7.02. The van der Waals surface area contributed by atoms with E-state index in [-0.39, 0.29) is 18.0 Å². The fourth-order valence-corrected chi connectivity index (χ4v) is 4.85. The van der Waals surface area contributed by atoms with E-state index in [9.17, 15) is 13.2 Å². The van der Waals surface area contributed by atoms with Gasteiger partial charge in [0.05, 0.1) is 10.8 Å². The molecule has 0 aliphatic heterocycles. The summed E-state index contributed by atoms with van der Waals surface area (Å²) < 4.78 is 27.4. The normalized spacial score (nSPS) is 13.4. The number of carboxylic acids is 1. The fourth-order valence-electron chi connectivity index (χ4n) is 1.60. The van der Waals surface area contributed by atoms with E-state index in [0.29, 0.717) is 4.47 Å². The highest BCUT2D eigenvalue weighted by Crippen LogP contribution is 2.28. The molecule has 0 amide bonds. The number of aliphatic carboxylic acids is 1. The van der Waals surface area contributed by atoms with Gasteiger partial charge in [0.15, 0.2) is 0 Å². The standard InChI is InChI=1S/C12H15Br2NO4S/c1-3-15(7-8(2)12(16)17)20(18,19)11-5-4-9(13)6-10(11)14/h4-6,8H,3,7H2,1-2H3,(H,16,17). The van der Waals surface area contributed by atoms with Crippen LogP contribution in [0.1, 0.15) is 13.8 Å². The molecule has 1 unspecified atom stereocenters. The minimum absolute atomic E-state index is 0.0589. The number of carboxylic acid groups (broad SMARTS) is 1. The zero-order chi connectivity index (χ0) is 15.5. The first-order valence-electron chi connectivity index (χ1n) is 5.88. The van der Waals surface area contributed by atoms with Gasteiger partial charge in [-0.05, 0) is 34.1 Å². The summed E-state index contributed by atoms with van der Waals surface area (Å²) in [4.78, 5) is 11.0. The number of hydrogen-bond donors (Lipinski definition) is 1. The van der Waals surface area contributed by atoms with E-state index in [1.54, 1.807) is 19.1 Å². The third-order valence-electron chi connectivity index (χ3n) is 2.76. The molecule has 0 heterocycles. The molecule has 0 saturated carbocycles. The van der Waals surface area contributed by atoms with Crippen molar-refractivity contribution in [3.63, 3.8) is 0 Å². The van der Waals surface area contributed by atoms with Crippen molar-refractivity contribution >= 4 is 47.9 Å². The van der Waals surface area contributed by atoms with E-state index < -0.39 is 21.9 Å². The van der Waals surface area contributed by atoms with Crippen LogP contribution in [0.4, 0.5) is 0 Å². The highest BCUT2D eigenvalue weighted by atomic mass is 79.9. The molecule has 0 saturated heterocycles. The number of halogens is 2. The average molecular weight is 429 g/mol. The highest BCUT2D eigenvalue weighted by Gasteiger charge is 2.28. The van der Waals surface area contributed by atoms with Crippen molar-refractivity contribution in [2.75, 3.05) is 13.1 Å². The van der Waals surface area contributed by atoms with Gasteiger partial charge >= 0.3 is 5.97 Å². The zero-order valence-electron chi connectivity index (χ0n) is 11.0. The second-order valence-electron chi connectivity index (χ2n) is 4.27. The molecule has 0 bridgehead atoms. The lowest BCUT2D eigenvalue weighted by atomic mass is 10.2. The number of benzene rings is 1. The summed E-state index contributed by atoms with van der Waals surface area (Å²) in [5, 5.41) is 8.92.